The van der Waals surface area contributed by atoms with E-state index in [1.165, 1.54) is 6.07 Å². The normalized spacial score (nSPS) is 15.8. The van der Waals surface area contributed by atoms with Gasteiger partial charge in [0.2, 0.25) is 5.91 Å². The van der Waals surface area contributed by atoms with Gasteiger partial charge in [0.1, 0.15) is 0 Å². The summed E-state index contributed by atoms with van der Waals surface area (Å²) in [5.41, 5.74) is -0.105. The topological polar surface area (TPSA) is 32.8 Å². The first-order valence-corrected chi connectivity index (χ1v) is 7.69. The molecule has 0 aliphatic carbocycles. The minimum Gasteiger partial charge on any atom is -0.381 e. The molecule has 1 aliphatic heterocycles. The molecule has 1 saturated heterocycles. The number of hydrogen-bond donors (Lipinski definition) is 0. The van der Waals surface area contributed by atoms with Gasteiger partial charge in [0.15, 0.2) is 0 Å². The monoisotopic (exact) mass is 330 g/mol. The standard InChI is InChI=1S/C16H21F3N2O2/c1-2-23-11-6-15(22)21-9-7-20(8-10-21)14-5-3-4-13(12-14)16(17,18)19/h3-5,12H,2,6-11H2,1H3. The summed E-state index contributed by atoms with van der Waals surface area (Å²) >= 11 is 0. The quantitative estimate of drug-likeness (QED) is 0.778. The Morgan fingerprint density at radius 2 is 1.91 bits per heavy atom. The van der Waals surface area contributed by atoms with Crippen molar-refractivity contribution in [2.75, 3.05) is 44.3 Å². The highest BCUT2D eigenvalue weighted by molar-refractivity contribution is 5.76. The summed E-state index contributed by atoms with van der Waals surface area (Å²) in [5.74, 6) is 0.0298. The summed E-state index contributed by atoms with van der Waals surface area (Å²) in [6.45, 7) is 4.95. The van der Waals surface area contributed by atoms with Gasteiger partial charge < -0.3 is 14.5 Å². The number of amides is 1. The van der Waals surface area contributed by atoms with Crippen molar-refractivity contribution in [2.24, 2.45) is 0 Å². The van der Waals surface area contributed by atoms with Crippen molar-refractivity contribution >= 4 is 11.6 Å². The van der Waals surface area contributed by atoms with E-state index in [1.54, 1.807) is 11.0 Å². The van der Waals surface area contributed by atoms with Gasteiger partial charge in [0.05, 0.1) is 18.6 Å². The molecule has 0 saturated carbocycles. The van der Waals surface area contributed by atoms with E-state index in [9.17, 15) is 18.0 Å². The van der Waals surface area contributed by atoms with Crippen LogP contribution in [0.1, 0.15) is 18.9 Å². The van der Waals surface area contributed by atoms with Crippen LogP contribution in [-0.2, 0) is 15.7 Å². The van der Waals surface area contributed by atoms with Crippen LogP contribution in [0.3, 0.4) is 0 Å². The Labute approximate surface area is 133 Å². The molecule has 4 nitrogen and oxygen atoms in total. The Morgan fingerprint density at radius 1 is 1.22 bits per heavy atom. The molecular weight excluding hydrogens is 309 g/mol. The lowest BCUT2D eigenvalue weighted by Crippen LogP contribution is -2.49. The third-order valence-electron chi connectivity index (χ3n) is 3.84. The van der Waals surface area contributed by atoms with E-state index in [1.807, 2.05) is 11.8 Å². The molecular formula is C16H21F3N2O2. The van der Waals surface area contributed by atoms with Gasteiger partial charge >= 0.3 is 6.18 Å². The predicted molar refractivity (Wildman–Crippen MR) is 81.3 cm³/mol. The molecule has 2 rings (SSSR count). The van der Waals surface area contributed by atoms with Crippen LogP contribution in [0.4, 0.5) is 18.9 Å². The molecule has 0 radical (unpaired) electrons. The molecule has 1 heterocycles. The first kappa shape index (κ1) is 17.6. The molecule has 0 spiro atoms. The second-order valence-electron chi connectivity index (χ2n) is 5.36. The maximum Gasteiger partial charge on any atom is 0.416 e. The third kappa shape index (κ3) is 4.86. The summed E-state index contributed by atoms with van der Waals surface area (Å²) in [6.07, 6.45) is -4.00. The van der Waals surface area contributed by atoms with Crippen LogP contribution in [-0.4, -0.2) is 50.2 Å². The number of carbonyl (C=O) groups is 1. The average Bonchev–Trinajstić information content (AvgIpc) is 2.54. The summed E-state index contributed by atoms with van der Waals surface area (Å²) < 4.78 is 43.5. The summed E-state index contributed by atoms with van der Waals surface area (Å²) in [5, 5.41) is 0. The van der Waals surface area contributed by atoms with Crippen molar-refractivity contribution in [2.45, 2.75) is 19.5 Å². The molecule has 1 aromatic rings. The maximum atomic E-state index is 12.8. The number of benzene rings is 1. The van der Waals surface area contributed by atoms with Crippen molar-refractivity contribution in [3.63, 3.8) is 0 Å². The highest BCUT2D eigenvalue weighted by Crippen LogP contribution is 2.31. The SMILES string of the molecule is CCOCCC(=O)N1CCN(c2cccc(C(F)(F)F)c2)CC1. The molecule has 1 aromatic carbocycles. The largest absolute Gasteiger partial charge is 0.416 e. The fourth-order valence-electron chi connectivity index (χ4n) is 2.55. The molecule has 0 N–H and O–H groups in total. The Kier molecular flexibility index (Phi) is 5.87. The van der Waals surface area contributed by atoms with Gasteiger partial charge in [-0.15, -0.1) is 0 Å². The number of alkyl halides is 3. The van der Waals surface area contributed by atoms with Gasteiger partial charge in [0.25, 0.3) is 0 Å². The van der Waals surface area contributed by atoms with Crippen molar-refractivity contribution in [3.05, 3.63) is 29.8 Å². The van der Waals surface area contributed by atoms with Crippen molar-refractivity contribution in [1.82, 2.24) is 4.90 Å². The van der Waals surface area contributed by atoms with E-state index in [4.69, 9.17) is 4.74 Å². The number of ether oxygens (including phenoxy) is 1. The minimum absolute atomic E-state index is 0.0298. The van der Waals surface area contributed by atoms with E-state index < -0.39 is 11.7 Å². The zero-order valence-corrected chi connectivity index (χ0v) is 13.1. The van der Waals surface area contributed by atoms with Gasteiger partial charge in [0, 0.05) is 38.5 Å². The van der Waals surface area contributed by atoms with Crippen LogP contribution in [0, 0.1) is 0 Å². The number of nitrogens with zero attached hydrogens (tertiary/aromatic N) is 2. The minimum atomic E-state index is -4.34. The molecule has 128 valence electrons. The lowest BCUT2D eigenvalue weighted by Gasteiger charge is -2.36. The summed E-state index contributed by atoms with van der Waals surface area (Å²) in [4.78, 5) is 15.6. The van der Waals surface area contributed by atoms with Crippen molar-refractivity contribution < 1.29 is 22.7 Å². The number of rotatable bonds is 5. The Morgan fingerprint density at radius 3 is 2.52 bits per heavy atom. The predicted octanol–water partition coefficient (Wildman–Crippen LogP) is 2.78. The molecule has 1 amide bonds. The molecule has 23 heavy (non-hydrogen) atoms. The summed E-state index contributed by atoms with van der Waals surface area (Å²) in [7, 11) is 0. The first-order valence-electron chi connectivity index (χ1n) is 7.69. The van der Waals surface area contributed by atoms with Crippen LogP contribution >= 0.6 is 0 Å². The summed E-state index contributed by atoms with van der Waals surface area (Å²) in [6, 6.07) is 5.31. The lowest BCUT2D eigenvalue weighted by atomic mass is 10.1. The Balaban J connectivity index is 1.90. The zero-order chi connectivity index (χ0) is 16.9. The van der Waals surface area contributed by atoms with Crippen LogP contribution in [0.15, 0.2) is 24.3 Å². The number of hydrogen-bond acceptors (Lipinski definition) is 3. The van der Waals surface area contributed by atoms with Crippen LogP contribution in [0.5, 0.6) is 0 Å². The molecule has 0 unspecified atom stereocenters. The molecule has 1 fully saturated rings. The lowest BCUT2D eigenvalue weighted by molar-refractivity contribution is -0.137. The van der Waals surface area contributed by atoms with Gasteiger partial charge in [-0.25, -0.2) is 0 Å². The van der Waals surface area contributed by atoms with Gasteiger partial charge in [-0.3, -0.25) is 4.79 Å². The van der Waals surface area contributed by atoms with Crippen LogP contribution in [0.25, 0.3) is 0 Å². The smallest absolute Gasteiger partial charge is 0.381 e. The number of carbonyl (C=O) groups excluding carboxylic acids is 1. The molecule has 0 atom stereocenters. The van der Waals surface area contributed by atoms with Gasteiger partial charge in [-0.05, 0) is 25.1 Å². The first-order chi connectivity index (χ1) is 10.9. The van der Waals surface area contributed by atoms with Gasteiger partial charge in [-0.2, -0.15) is 13.2 Å². The van der Waals surface area contributed by atoms with E-state index in [0.29, 0.717) is 51.5 Å². The van der Waals surface area contributed by atoms with Crippen molar-refractivity contribution in [3.8, 4) is 0 Å². The fraction of sp³-hybridized carbons (Fsp3) is 0.562. The number of anilines is 1. The van der Waals surface area contributed by atoms with Crippen LogP contribution < -0.4 is 4.90 Å². The average molecular weight is 330 g/mol. The van der Waals surface area contributed by atoms with Gasteiger partial charge in [-0.1, -0.05) is 6.07 Å². The van der Waals surface area contributed by atoms with E-state index in [0.717, 1.165) is 12.1 Å². The molecule has 0 bridgehead atoms. The molecule has 0 aromatic heterocycles. The second-order valence-corrected chi connectivity index (χ2v) is 5.36. The van der Waals surface area contributed by atoms with Crippen molar-refractivity contribution in [1.29, 1.82) is 0 Å². The highest BCUT2D eigenvalue weighted by Gasteiger charge is 2.31. The number of piperazine rings is 1. The Hall–Kier alpha value is -1.76. The maximum absolute atomic E-state index is 12.8. The third-order valence-corrected chi connectivity index (χ3v) is 3.84. The zero-order valence-electron chi connectivity index (χ0n) is 13.1. The highest BCUT2D eigenvalue weighted by atomic mass is 19.4. The van der Waals surface area contributed by atoms with Crippen LogP contribution in [0.2, 0.25) is 0 Å². The molecule has 7 heteroatoms. The van der Waals surface area contributed by atoms with E-state index in [2.05, 4.69) is 0 Å². The number of halogens is 3. The fourth-order valence-corrected chi connectivity index (χ4v) is 2.55. The van der Waals surface area contributed by atoms with E-state index in [-0.39, 0.29) is 5.91 Å². The second kappa shape index (κ2) is 7.68. The Bertz CT molecular complexity index is 526. The molecule has 1 aliphatic rings. The van der Waals surface area contributed by atoms with E-state index >= 15 is 0 Å².